The lowest BCUT2D eigenvalue weighted by molar-refractivity contribution is 0.413. The van der Waals surface area contributed by atoms with Crippen LogP contribution >= 0.6 is 0 Å². The molecular formula is C16H25NO3S. The van der Waals surface area contributed by atoms with E-state index < -0.39 is 9.84 Å². The third-order valence-electron chi connectivity index (χ3n) is 4.41. The van der Waals surface area contributed by atoms with E-state index in [1.807, 2.05) is 6.92 Å². The molecule has 118 valence electrons. The van der Waals surface area contributed by atoms with Gasteiger partial charge in [-0.15, -0.1) is 0 Å². The molecule has 4 nitrogen and oxygen atoms in total. The first-order valence-electron chi connectivity index (χ1n) is 7.62. The third kappa shape index (κ3) is 3.40. The summed E-state index contributed by atoms with van der Waals surface area (Å²) < 4.78 is 30.8. The van der Waals surface area contributed by atoms with Crippen molar-refractivity contribution in [1.82, 2.24) is 5.32 Å². The highest BCUT2D eigenvalue weighted by molar-refractivity contribution is 7.92. The first-order chi connectivity index (χ1) is 10.0. The summed E-state index contributed by atoms with van der Waals surface area (Å²) in [6.45, 7) is 5.11. The molecular weight excluding hydrogens is 286 g/mol. The number of ether oxygens (including phenoxy) is 1. The number of benzene rings is 1. The van der Waals surface area contributed by atoms with Crippen LogP contribution in [0.1, 0.15) is 33.1 Å². The van der Waals surface area contributed by atoms with Gasteiger partial charge in [0.2, 0.25) is 0 Å². The van der Waals surface area contributed by atoms with E-state index in [-0.39, 0.29) is 11.2 Å². The summed E-state index contributed by atoms with van der Waals surface area (Å²) in [5, 5.41) is 3.16. The zero-order valence-corrected chi connectivity index (χ0v) is 13.8. The Morgan fingerprint density at radius 3 is 2.76 bits per heavy atom. The van der Waals surface area contributed by atoms with Crippen molar-refractivity contribution in [2.24, 2.45) is 5.92 Å². The highest BCUT2D eigenvalue weighted by atomic mass is 32.2. The van der Waals surface area contributed by atoms with E-state index >= 15 is 0 Å². The summed E-state index contributed by atoms with van der Waals surface area (Å²) in [5.41, 5.74) is 0. The Hall–Kier alpha value is -1.07. The van der Waals surface area contributed by atoms with Crippen LogP contribution in [0.5, 0.6) is 5.75 Å². The Morgan fingerprint density at radius 1 is 1.33 bits per heavy atom. The molecule has 2 rings (SSSR count). The van der Waals surface area contributed by atoms with Gasteiger partial charge in [-0.3, -0.25) is 0 Å². The monoisotopic (exact) mass is 311 g/mol. The smallest absolute Gasteiger partial charge is 0.181 e. The quantitative estimate of drug-likeness (QED) is 0.877. The molecule has 5 heteroatoms. The molecule has 1 aliphatic carbocycles. The number of hydrogen-bond donors (Lipinski definition) is 1. The summed E-state index contributed by atoms with van der Waals surface area (Å²) in [6, 6.07) is 7.09. The lowest BCUT2D eigenvalue weighted by atomic mass is 10.1. The topological polar surface area (TPSA) is 55.4 Å². The van der Waals surface area contributed by atoms with Crippen LogP contribution in [0.3, 0.4) is 0 Å². The molecule has 3 atom stereocenters. The molecule has 1 aromatic carbocycles. The molecule has 0 aliphatic heterocycles. The molecule has 1 aliphatic rings. The number of methoxy groups -OCH3 is 1. The Balaban J connectivity index is 2.20. The van der Waals surface area contributed by atoms with Gasteiger partial charge in [0.15, 0.2) is 9.84 Å². The second kappa shape index (κ2) is 6.79. The zero-order chi connectivity index (χ0) is 15.5. The maximum Gasteiger partial charge on any atom is 0.181 e. The fraction of sp³-hybridized carbons (Fsp3) is 0.625. The Morgan fingerprint density at radius 2 is 2.10 bits per heavy atom. The normalized spacial score (nSPS) is 26.0. The Labute approximate surface area is 127 Å². The number of sulfone groups is 1. The highest BCUT2D eigenvalue weighted by Crippen LogP contribution is 2.35. The van der Waals surface area contributed by atoms with E-state index in [4.69, 9.17) is 4.74 Å². The molecule has 21 heavy (non-hydrogen) atoms. The van der Waals surface area contributed by atoms with Gasteiger partial charge in [0.25, 0.3) is 0 Å². The fourth-order valence-corrected chi connectivity index (χ4v) is 5.24. The van der Waals surface area contributed by atoms with Crippen molar-refractivity contribution in [2.75, 3.05) is 13.7 Å². The van der Waals surface area contributed by atoms with Crippen LogP contribution in [0.4, 0.5) is 0 Å². The summed E-state index contributed by atoms with van der Waals surface area (Å²) >= 11 is 0. The van der Waals surface area contributed by atoms with Gasteiger partial charge in [0.05, 0.1) is 17.3 Å². The minimum Gasteiger partial charge on any atom is -0.497 e. The molecule has 0 aromatic heterocycles. The zero-order valence-electron chi connectivity index (χ0n) is 13.0. The highest BCUT2D eigenvalue weighted by Gasteiger charge is 2.41. The van der Waals surface area contributed by atoms with Crippen molar-refractivity contribution in [2.45, 2.75) is 49.3 Å². The van der Waals surface area contributed by atoms with E-state index in [0.29, 0.717) is 16.7 Å². The van der Waals surface area contributed by atoms with E-state index in [9.17, 15) is 8.42 Å². The molecule has 1 N–H and O–H groups in total. The van der Waals surface area contributed by atoms with E-state index in [1.165, 1.54) is 0 Å². The van der Waals surface area contributed by atoms with Crippen molar-refractivity contribution >= 4 is 9.84 Å². The molecule has 1 fully saturated rings. The summed E-state index contributed by atoms with van der Waals surface area (Å²) in [7, 11) is -1.75. The number of rotatable bonds is 6. The second-order valence-electron chi connectivity index (χ2n) is 5.76. The molecule has 0 bridgehead atoms. The minimum atomic E-state index is -3.30. The van der Waals surface area contributed by atoms with Crippen LogP contribution in [-0.2, 0) is 9.84 Å². The lowest BCUT2D eigenvalue weighted by Gasteiger charge is -2.22. The summed E-state index contributed by atoms with van der Waals surface area (Å²) in [5.74, 6) is 0.718. The molecule has 3 unspecified atom stereocenters. The molecule has 0 saturated heterocycles. The van der Waals surface area contributed by atoms with Gasteiger partial charge in [-0.25, -0.2) is 8.42 Å². The van der Waals surface area contributed by atoms with Crippen LogP contribution in [0, 0.1) is 5.92 Å². The van der Waals surface area contributed by atoms with Gasteiger partial charge < -0.3 is 10.1 Å². The van der Waals surface area contributed by atoms with Crippen LogP contribution in [-0.4, -0.2) is 33.4 Å². The maximum atomic E-state index is 12.8. The van der Waals surface area contributed by atoms with Crippen LogP contribution in [0.15, 0.2) is 29.2 Å². The van der Waals surface area contributed by atoms with Crippen molar-refractivity contribution in [3.63, 3.8) is 0 Å². The predicted octanol–water partition coefficient (Wildman–Crippen LogP) is 2.64. The molecule has 0 radical (unpaired) electrons. The van der Waals surface area contributed by atoms with Crippen molar-refractivity contribution in [1.29, 1.82) is 0 Å². The first kappa shape index (κ1) is 16.3. The largest absolute Gasteiger partial charge is 0.497 e. The Bertz CT molecular complexity index is 571. The molecule has 1 aromatic rings. The third-order valence-corrected chi connectivity index (χ3v) is 6.78. The second-order valence-corrected chi connectivity index (χ2v) is 7.93. The Kier molecular flexibility index (Phi) is 5.27. The van der Waals surface area contributed by atoms with Crippen molar-refractivity contribution in [3.8, 4) is 5.75 Å². The van der Waals surface area contributed by atoms with E-state index in [0.717, 1.165) is 25.8 Å². The van der Waals surface area contributed by atoms with Gasteiger partial charge in [-0.2, -0.15) is 0 Å². The first-order valence-corrected chi connectivity index (χ1v) is 9.16. The van der Waals surface area contributed by atoms with Gasteiger partial charge in [-0.1, -0.05) is 19.9 Å². The van der Waals surface area contributed by atoms with Gasteiger partial charge in [0.1, 0.15) is 5.75 Å². The van der Waals surface area contributed by atoms with E-state index in [2.05, 4.69) is 12.2 Å². The van der Waals surface area contributed by atoms with Crippen LogP contribution in [0.25, 0.3) is 0 Å². The predicted molar refractivity (Wildman–Crippen MR) is 84.4 cm³/mol. The number of hydrogen-bond acceptors (Lipinski definition) is 4. The van der Waals surface area contributed by atoms with Gasteiger partial charge in [-0.05, 0) is 49.9 Å². The summed E-state index contributed by atoms with van der Waals surface area (Å²) in [6.07, 6.45) is 2.72. The molecule has 0 heterocycles. The standard InChI is InChI=1S/C16H25NO3S/c1-4-10-17-15-8-9-16(12(15)2)21(18,19)14-7-5-6-13(11-14)20-3/h5-7,11-12,15-17H,4,8-10H2,1-3H3. The average molecular weight is 311 g/mol. The van der Waals surface area contributed by atoms with Crippen molar-refractivity contribution < 1.29 is 13.2 Å². The maximum absolute atomic E-state index is 12.8. The molecule has 0 amide bonds. The average Bonchev–Trinajstić information content (AvgIpc) is 2.86. The van der Waals surface area contributed by atoms with Gasteiger partial charge in [0, 0.05) is 6.04 Å². The fourth-order valence-electron chi connectivity index (χ4n) is 3.14. The van der Waals surface area contributed by atoms with Gasteiger partial charge >= 0.3 is 0 Å². The number of nitrogens with one attached hydrogen (secondary N) is 1. The SMILES string of the molecule is CCCNC1CCC(S(=O)(=O)c2cccc(OC)c2)C1C. The lowest BCUT2D eigenvalue weighted by Crippen LogP contribution is -2.36. The van der Waals surface area contributed by atoms with E-state index in [1.54, 1.807) is 31.4 Å². The minimum absolute atomic E-state index is 0.132. The van der Waals surface area contributed by atoms with Crippen molar-refractivity contribution in [3.05, 3.63) is 24.3 Å². The summed E-state index contributed by atoms with van der Waals surface area (Å²) in [4.78, 5) is 0.370. The molecule has 0 spiro atoms. The molecule has 1 saturated carbocycles. The van der Waals surface area contributed by atoms with Crippen LogP contribution < -0.4 is 10.1 Å². The van der Waals surface area contributed by atoms with Crippen LogP contribution in [0.2, 0.25) is 0 Å².